The third-order valence-corrected chi connectivity index (χ3v) is 2.60. The molecule has 1 rings (SSSR count). The lowest BCUT2D eigenvalue weighted by atomic mass is 10.1. The molecule has 0 atom stereocenters. The maximum atomic E-state index is 13.6. The van der Waals surface area contributed by atoms with Crippen molar-refractivity contribution in [3.05, 3.63) is 29.6 Å². The van der Waals surface area contributed by atoms with Crippen molar-refractivity contribution >= 4 is 5.91 Å². The summed E-state index contributed by atoms with van der Waals surface area (Å²) >= 11 is 0. The first-order valence-electron chi connectivity index (χ1n) is 5.85. The lowest BCUT2D eigenvalue weighted by molar-refractivity contribution is 0.0623. The Morgan fingerprint density at radius 3 is 2.32 bits per heavy atom. The fourth-order valence-corrected chi connectivity index (χ4v) is 1.57. The zero-order chi connectivity index (χ0) is 14.3. The fourth-order valence-electron chi connectivity index (χ4n) is 1.57. The minimum Gasteiger partial charge on any atom is -0.508 e. The zero-order valence-electron chi connectivity index (χ0n) is 11.1. The summed E-state index contributed by atoms with van der Waals surface area (Å²) in [6, 6.07) is 3.46. The van der Waals surface area contributed by atoms with Gasteiger partial charge in [-0.2, -0.15) is 0 Å². The Hall–Kier alpha value is -1.66. The number of ether oxygens (including phenoxy) is 2. The van der Waals surface area contributed by atoms with Crippen LogP contribution >= 0.6 is 0 Å². The summed E-state index contributed by atoms with van der Waals surface area (Å²) < 4.78 is 23.5. The van der Waals surface area contributed by atoms with Gasteiger partial charge in [0.15, 0.2) is 0 Å². The van der Waals surface area contributed by atoms with Gasteiger partial charge in [0, 0.05) is 33.4 Å². The van der Waals surface area contributed by atoms with Crippen LogP contribution in [0.5, 0.6) is 5.75 Å². The average Bonchev–Trinajstić information content (AvgIpc) is 2.38. The number of phenolic OH excluding ortho intramolecular Hbond substituents is 1. The Kier molecular flexibility index (Phi) is 6.24. The van der Waals surface area contributed by atoms with E-state index in [4.69, 9.17) is 14.6 Å². The van der Waals surface area contributed by atoms with E-state index in [1.54, 1.807) is 0 Å². The fraction of sp³-hybridized carbons (Fsp3) is 0.462. The number of methoxy groups -OCH3 is 2. The van der Waals surface area contributed by atoms with E-state index in [0.29, 0.717) is 26.3 Å². The highest BCUT2D eigenvalue weighted by molar-refractivity contribution is 5.94. The lowest BCUT2D eigenvalue weighted by Gasteiger charge is -2.22. The summed E-state index contributed by atoms with van der Waals surface area (Å²) in [5.41, 5.74) is -0.0787. The van der Waals surface area contributed by atoms with E-state index >= 15 is 0 Å². The van der Waals surface area contributed by atoms with E-state index < -0.39 is 11.7 Å². The highest BCUT2D eigenvalue weighted by atomic mass is 19.1. The van der Waals surface area contributed by atoms with Gasteiger partial charge >= 0.3 is 0 Å². The van der Waals surface area contributed by atoms with Gasteiger partial charge in [0.05, 0.1) is 18.8 Å². The molecule has 1 aromatic rings. The third kappa shape index (κ3) is 4.50. The molecule has 0 heterocycles. The third-order valence-electron chi connectivity index (χ3n) is 2.60. The molecule has 0 aromatic heterocycles. The largest absolute Gasteiger partial charge is 0.508 e. The summed E-state index contributed by atoms with van der Waals surface area (Å²) in [7, 11) is 3.06. The van der Waals surface area contributed by atoms with Gasteiger partial charge in [-0.1, -0.05) is 0 Å². The molecule has 0 saturated carbocycles. The summed E-state index contributed by atoms with van der Waals surface area (Å²) in [4.78, 5) is 13.6. The van der Waals surface area contributed by atoms with Crippen molar-refractivity contribution in [1.29, 1.82) is 0 Å². The van der Waals surface area contributed by atoms with Crippen LogP contribution in [-0.2, 0) is 9.47 Å². The number of hydrogen-bond donors (Lipinski definition) is 1. The van der Waals surface area contributed by atoms with E-state index in [9.17, 15) is 9.18 Å². The Morgan fingerprint density at radius 1 is 1.26 bits per heavy atom. The molecule has 0 unspecified atom stereocenters. The zero-order valence-corrected chi connectivity index (χ0v) is 11.1. The van der Waals surface area contributed by atoms with E-state index in [-0.39, 0.29) is 11.3 Å². The van der Waals surface area contributed by atoms with Crippen LogP contribution < -0.4 is 0 Å². The minimum absolute atomic E-state index is 0.0787. The van der Waals surface area contributed by atoms with Gasteiger partial charge in [-0.25, -0.2) is 4.39 Å². The van der Waals surface area contributed by atoms with E-state index in [2.05, 4.69) is 0 Å². The van der Waals surface area contributed by atoms with Crippen molar-refractivity contribution in [2.75, 3.05) is 40.5 Å². The first-order valence-corrected chi connectivity index (χ1v) is 5.85. The highest BCUT2D eigenvalue weighted by Crippen LogP contribution is 2.16. The number of amides is 1. The van der Waals surface area contributed by atoms with Crippen LogP contribution in [0.15, 0.2) is 18.2 Å². The second kappa shape index (κ2) is 7.70. The molecule has 0 aliphatic carbocycles. The van der Waals surface area contributed by atoms with Gasteiger partial charge in [-0.05, 0) is 12.1 Å². The van der Waals surface area contributed by atoms with Gasteiger partial charge in [0.2, 0.25) is 0 Å². The lowest BCUT2D eigenvalue weighted by Crippen LogP contribution is -2.36. The number of phenols is 1. The Morgan fingerprint density at radius 2 is 1.84 bits per heavy atom. The summed E-state index contributed by atoms with van der Waals surface area (Å²) in [5.74, 6) is -1.41. The second-order valence-corrected chi connectivity index (χ2v) is 3.94. The number of carbonyl (C=O) groups excluding carboxylic acids is 1. The Balaban J connectivity index is 2.84. The molecular weight excluding hydrogens is 253 g/mol. The molecule has 0 fully saturated rings. The molecule has 1 amide bonds. The molecular formula is C13H18FNO4. The highest BCUT2D eigenvalue weighted by Gasteiger charge is 2.19. The molecule has 0 radical (unpaired) electrons. The van der Waals surface area contributed by atoms with Crippen molar-refractivity contribution < 1.29 is 23.8 Å². The minimum atomic E-state index is -0.746. The van der Waals surface area contributed by atoms with Gasteiger partial charge in [0.25, 0.3) is 5.91 Å². The van der Waals surface area contributed by atoms with Gasteiger partial charge in [-0.3, -0.25) is 4.79 Å². The topological polar surface area (TPSA) is 59.0 Å². The van der Waals surface area contributed by atoms with Gasteiger partial charge < -0.3 is 19.5 Å². The molecule has 0 aliphatic heterocycles. The van der Waals surface area contributed by atoms with Gasteiger partial charge in [0.1, 0.15) is 11.6 Å². The molecule has 6 heteroatoms. The molecule has 0 bridgehead atoms. The van der Waals surface area contributed by atoms with Crippen molar-refractivity contribution in [3.8, 4) is 5.75 Å². The first-order chi connectivity index (χ1) is 9.10. The normalized spacial score (nSPS) is 10.5. The monoisotopic (exact) mass is 271 g/mol. The number of rotatable bonds is 7. The number of aromatic hydroxyl groups is 1. The van der Waals surface area contributed by atoms with Crippen molar-refractivity contribution in [1.82, 2.24) is 4.90 Å². The predicted molar refractivity (Wildman–Crippen MR) is 67.7 cm³/mol. The second-order valence-electron chi connectivity index (χ2n) is 3.94. The average molecular weight is 271 g/mol. The van der Waals surface area contributed by atoms with Crippen LogP contribution in [-0.4, -0.2) is 56.4 Å². The van der Waals surface area contributed by atoms with E-state index in [0.717, 1.165) is 6.07 Å². The number of benzene rings is 1. The standard InChI is InChI=1S/C13H18FNO4/c1-18-7-5-15(6-8-19-2)13(17)11-4-3-10(16)9-12(11)14/h3-4,9,16H,5-8H2,1-2H3. The molecule has 0 aliphatic rings. The molecule has 0 spiro atoms. The van der Waals surface area contributed by atoms with E-state index in [1.165, 1.54) is 31.3 Å². The number of carbonyl (C=O) groups is 1. The maximum absolute atomic E-state index is 13.6. The smallest absolute Gasteiger partial charge is 0.256 e. The van der Waals surface area contributed by atoms with Crippen molar-refractivity contribution in [2.24, 2.45) is 0 Å². The van der Waals surface area contributed by atoms with Crippen molar-refractivity contribution in [2.45, 2.75) is 0 Å². The molecule has 5 nitrogen and oxygen atoms in total. The Bertz CT molecular complexity index is 417. The Labute approximate surface area is 111 Å². The van der Waals surface area contributed by atoms with Crippen LogP contribution in [0.4, 0.5) is 4.39 Å². The molecule has 106 valence electrons. The van der Waals surface area contributed by atoms with Gasteiger partial charge in [-0.15, -0.1) is 0 Å². The van der Waals surface area contributed by atoms with Crippen LogP contribution in [0.3, 0.4) is 0 Å². The summed E-state index contributed by atoms with van der Waals surface area (Å²) in [5, 5.41) is 9.14. The number of hydrogen-bond acceptors (Lipinski definition) is 4. The molecule has 0 saturated heterocycles. The SMILES string of the molecule is COCCN(CCOC)C(=O)c1ccc(O)cc1F. The van der Waals surface area contributed by atoms with Crippen LogP contribution in [0, 0.1) is 5.82 Å². The quantitative estimate of drug-likeness (QED) is 0.811. The maximum Gasteiger partial charge on any atom is 0.256 e. The predicted octanol–water partition coefficient (Wildman–Crippen LogP) is 1.27. The first kappa shape index (κ1) is 15.4. The van der Waals surface area contributed by atoms with Crippen LogP contribution in [0.2, 0.25) is 0 Å². The number of nitrogens with zero attached hydrogens (tertiary/aromatic N) is 1. The molecule has 1 aromatic carbocycles. The van der Waals surface area contributed by atoms with E-state index in [1.807, 2.05) is 0 Å². The van der Waals surface area contributed by atoms with Crippen LogP contribution in [0.1, 0.15) is 10.4 Å². The number of halogens is 1. The van der Waals surface area contributed by atoms with Crippen molar-refractivity contribution in [3.63, 3.8) is 0 Å². The summed E-state index contributed by atoms with van der Waals surface area (Å²) in [6.07, 6.45) is 0. The summed E-state index contributed by atoms with van der Waals surface area (Å²) in [6.45, 7) is 1.41. The molecule has 1 N–H and O–H groups in total. The molecule has 19 heavy (non-hydrogen) atoms. The van der Waals surface area contributed by atoms with Crippen LogP contribution in [0.25, 0.3) is 0 Å².